The number of piperidine rings is 1. The third-order valence-corrected chi connectivity index (χ3v) is 6.78. The summed E-state index contributed by atoms with van der Waals surface area (Å²) in [7, 11) is 0. The maximum absolute atomic E-state index is 13.1. The molecule has 2 aromatic rings. The van der Waals surface area contributed by atoms with Gasteiger partial charge in [-0.15, -0.1) is 0 Å². The second-order valence-electron chi connectivity index (χ2n) is 9.29. The molecule has 1 aromatic heterocycles. The minimum atomic E-state index is -0.610. The lowest BCUT2D eigenvalue weighted by Gasteiger charge is -2.40. The summed E-state index contributed by atoms with van der Waals surface area (Å²) in [6, 6.07) is 9.86. The van der Waals surface area contributed by atoms with Gasteiger partial charge in [0, 0.05) is 37.3 Å². The Bertz CT molecular complexity index is 1040. The molecule has 2 bridgehead atoms. The Kier molecular flexibility index (Phi) is 6.62. The van der Waals surface area contributed by atoms with Crippen molar-refractivity contribution in [1.29, 1.82) is 0 Å². The zero-order valence-corrected chi connectivity index (χ0v) is 18.7. The Hall–Kier alpha value is -2.71. The van der Waals surface area contributed by atoms with Crippen molar-refractivity contribution in [2.45, 2.75) is 69.8 Å². The number of fused-ring (bicyclic) bond motifs is 3. The van der Waals surface area contributed by atoms with Gasteiger partial charge >= 0.3 is 0 Å². The molecule has 0 spiro atoms. The van der Waals surface area contributed by atoms with Crippen molar-refractivity contribution in [1.82, 2.24) is 20.1 Å². The van der Waals surface area contributed by atoms with Crippen molar-refractivity contribution in [3.05, 3.63) is 46.2 Å². The average molecular weight is 441 g/mol. The van der Waals surface area contributed by atoms with Gasteiger partial charge in [0.15, 0.2) is 0 Å². The first-order valence-electron chi connectivity index (χ1n) is 11.4. The van der Waals surface area contributed by atoms with E-state index in [0.29, 0.717) is 13.0 Å². The largest absolute Gasteiger partial charge is 0.390 e. The number of nitrogens with zero attached hydrogens (tertiary/aromatic N) is 2. The molecule has 4 rings (SSSR count). The summed E-state index contributed by atoms with van der Waals surface area (Å²) in [4.78, 5) is 39.1. The van der Waals surface area contributed by atoms with E-state index in [4.69, 9.17) is 0 Å². The van der Waals surface area contributed by atoms with Gasteiger partial charge in [0.1, 0.15) is 5.56 Å². The van der Waals surface area contributed by atoms with Crippen molar-refractivity contribution in [3.63, 3.8) is 0 Å². The number of rotatable bonds is 8. The zero-order chi connectivity index (χ0) is 22.8. The van der Waals surface area contributed by atoms with Crippen LogP contribution >= 0.6 is 0 Å². The summed E-state index contributed by atoms with van der Waals surface area (Å²) in [5.41, 5.74) is 0.753. The van der Waals surface area contributed by atoms with Crippen molar-refractivity contribution >= 4 is 23.2 Å². The highest BCUT2D eigenvalue weighted by Gasteiger charge is 2.41. The number of benzene rings is 1. The van der Waals surface area contributed by atoms with E-state index in [0.717, 1.165) is 36.6 Å². The predicted molar refractivity (Wildman–Crippen MR) is 123 cm³/mol. The van der Waals surface area contributed by atoms with E-state index in [-0.39, 0.29) is 47.7 Å². The Balaban J connectivity index is 1.48. The maximum atomic E-state index is 13.1. The lowest BCUT2D eigenvalue weighted by atomic mass is 9.96. The molecule has 2 fully saturated rings. The number of aliphatic hydroxyl groups excluding tert-OH is 1. The molecule has 3 N–H and O–H groups in total. The van der Waals surface area contributed by atoms with Gasteiger partial charge in [0.2, 0.25) is 6.41 Å². The first-order chi connectivity index (χ1) is 15.4. The van der Waals surface area contributed by atoms with Gasteiger partial charge in [0.05, 0.1) is 11.6 Å². The molecule has 172 valence electrons. The quantitative estimate of drug-likeness (QED) is 0.539. The third-order valence-electron chi connectivity index (χ3n) is 6.78. The summed E-state index contributed by atoms with van der Waals surface area (Å²) < 4.78 is 1.69. The SMILES string of the molecule is CC(C)n1c(=O)c(C(=O)N[C@H]2C[C@H]3CC[C@@H](C2)N3CC(O)CNC=O)cc2ccccc21. The molecule has 0 saturated carbocycles. The molecule has 0 radical (unpaired) electrons. The summed E-state index contributed by atoms with van der Waals surface area (Å²) in [5, 5.41) is 16.7. The number of carbonyl (C=O) groups is 2. The molecule has 32 heavy (non-hydrogen) atoms. The minimum absolute atomic E-state index is 0.000127. The molecule has 2 amide bonds. The number of amides is 2. The Morgan fingerprint density at radius 3 is 2.56 bits per heavy atom. The van der Waals surface area contributed by atoms with Gasteiger partial charge in [-0.2, -0.15) is 0 Å². The van der Waals surface area contributed by atoms with Crippen LogP contribution in [0.15, 0.2) is 35.1 Å². The summed E-state index contributed by atoms with van der Waals surface area (Å²) in [6.07, 6.45) is 3.63. The van der Waals surface area contributed by atoms with Crippen LogP contribution in [0.3, 0.4) is 0 Å². The number of aromatic nitrogens is 1. The Labute approximate surface area is 187 Å². The number of nitrogens with one attached hydrogen (secondary N) is 2. The molecule has 8 nitrogen and oxygen atoms in total. The first kappa shape index (κ1) is 22.5. The number of aliphatic hydroxyl groups is 1. The monoisotopic (exact) mass is 440 g/mol. The molecular weight excluding hydrogens is 408 g/mol. The van der Waals surface area contributed by atoms with Crippen LogP contribution in [-0.2, 0) is 4.79 Å². The molecule has 1 aromatic carbocycles. The van der Waals surface area contributed by atoms with Crippen molar-refractivity contribution in [2.24, 2.45) is 0 Å². The number of para-hydroxylation sites is 1. The van der Waals surface area contributed by atoms with Gasteiger partial charge in [-0.1, -0.05) is 18.2 Å². The fourth-order valence-electron chi connectivity index (χ4n) is 5.41. The van der Waals surface area contributed by atoms with Crippen LogP contribution in [0.4, 0.5) is 0 Å². The van der Waals surface area contributed by atoms with E-state index in [2.05, 4.69) is 15.5 Å². The smallest absolute Gasteiger partial charge is 0.264 e. The van der Waals surface area contributed by atoms with E-state index in [9.17, 15) is 19.5 Å². The standard InChI is InChI=1S/C24H32N4O4/c1-15(2)28-22-6-4-3-5-16(22)9-21(24(28)32)23(31)26-17-10-18-7-8-19(11-17)27(18)13-20(30)12-25-14-29/h3-6,9,14-15,17-20,30H,7-8,10-13H2,1-2H3,(H,25,29)(H,26,31)/t17-,18+,19-,20?. The molecule has 2 aliphatic heterocycles. The van der Waals surface area contributed by atoms with Gasteiger partial charge < -0.3 is 20.3 Å². The summed E-state index contributed by atoms with van der Waals surface area (Å²) in [5.74, 6) is -0.316. The van der Waals surface area contributed by atoms with Crippen LogP contribution in [0.1, 0.15) is 55.9 Å². The minimum Gasteiger partial charge on any atom is -0.390 e. The van der Waals surface area contributed by atoms with E-state index in [1.54, 1.807) is 10.6 Å². The third kappa shape index (κ3) is 4.42. The number of hydrogen-bond donors (Lipinski definition) is 3. The first-order valence-corrected chi connectivity index (χ1v) is 11.4. The molecule has 1 unspecified atom stereocenters. The van der Waals surface area contributed by atoms with Crippen LogP contribution in [0.25, 0.3) is 10.9 Å². The topological polar surface area (TPSA) is 104 Å². The Morgan fingerprint density at radius 1 is 1.22 bits per heavy atom. The van der Waals surface area contributed by atoms with E-state index >= 15 is 0 Å². The van der Waals surface area contributed by atoms with E-state index in [1.165, 1.54) is 0 Å². The van der Waals surface area contributed by atoms with Gasteiger partial charge in [-0.25, -0.2) is 0 Å². The number of carbonyl (C=O) groups excluding carboxylic acids is 2. The van der Waals surface area contributed by atoms with E-state index in [1.807, 2.05) is 38.1 Å². The summed E-state index contributed by atoms with van der Waals surface area (Å²) in [6.45, 7) is 4.65. The maximum Gasteiger partial charge on any atom is 0.264 e. The van der Waals surface area contributed by atoms with Crippen LogP contribution in [0, 0.1) is 0 Å². The highest BCUT2D eigenvalue weighted by atomic mass is 16.3. The van der Waals surface area contributed by atoms with Crippen molar-refractivity contribution in [3.8, 4) is 0 Å². The molecule has 8 heteroatoms. The molecule has 3 heterocycles. The summed E-state index contributed by atoms with van der Waals surface area (Å²) >= 11 is 0. The number of pyridine rings is 1. The predicted octanol–water partition coefficient (Wildman–Crippen LogP) is 1.41. The molecule has 2 aliphatic rings. The van der Waals surface area contributed by atoms with Crippen LogP contribution in [0.5, 0.6) is 0 Å². The second kappa shape index (κ2) is 9.42. The van der Waals surface area contributed by atoms with Crippen LogP contribution < -0.4 is 16.2 Å². The van der Waals surface area contributed by atoms with Gasteiger partial charge in [-0.3, -0.25) is 19.3 Å². The van der Waals surface area contributed by atoms with Gasteiger partial charge in [0.25, 0.3) is 11.5 Å². The Morgan fingerprint density at radius 2 is 1.91 bits per heavy atom. The molecule has 0 aliphatic carbocycles. The van der Waals surface area contributed by atoms with Crippen LogP contribution in [0.2, 0.25) is 0 Å². The van der Waals surface area contributed by atoms with Gasteiger partial charge in [-0.05, 0) is 57.0 Å². The number of hydrogen-bond acceptors (Lipinski definition) is 5. The van der Waals surface area contributed by atoms with E-state index < -0.39 is 6.10 Å². The van der Waals surface area contributed by atoms with Crippen molar-refractivity contribution < 1.29 is 14.7 Å². The normalized spacial score (nSPS) is 23.9. The zero-order valence-electron chi connectivity index (χ0n) is 18.7. The average Bonchev–Trinajstić information content (AvgIpc) is 2.99. The molecule has 4 atom stereocenters. The molecule has 2 saturated heterocycles. The molecular formula is C24H32N4O4. The second-order valence-corrected chi connectivity index (χ2v) is 9.29. The van der Waals surface area contributed by atoms with Crippen molar-refractivity contribution in [2.75, 3.05) is 13.1 Å². The fourth-order valence-corrected chi connectivity index (χ4v) is 5.41. The lowest BCUT2D eigenvalue weighted by Crippen LogP contribution is -2.53. The lowest BCUT2D eigenvalue weighted by molar-refractivity contribution is -0.110. The van der Waals surface area contributed by atoms with Crippen LogP contribution in [-0.4, -0.2) is 64.2 Å². The highest BCUT2D eigenvalue weighted by molar-refractivity contribution is 5.97. The highest BCUT2D eigenvalue weighted by Crippen LogP contribution is 2.35. The fraction of sp³-hybridized carbons (Fsp3) is 0.542.